The van der Waals surface area contributed by atoms with Gasteiger partial charge < -0.3 is 9.47 Å². The molecule has 0 spiro atoms. The molecule has 0 aromatic carbocycles. The second-order valence-corrected chi connectivity index (χ2v) is 5.65. The fourth-order valence-electron chi connectivity index (χ4n) is 2.26. The SMILES string of the molecule is COC1CCCC(OCC2(CBr)CC2)C1. The van der Waals surface area contributed by atoms with E-state index in [2.05, 4.69) is 15.9 Å². The van der Waals surface area contributed by atoms with Crippen molar-refractivity contribution in [3.05, 3.63) is 0 Å². The zero-order valence-corrected chi connectivity index (χ0v) is 11.1. The Kier molecular flexibility index (Phi) is 4.08. The molecule has 2 nitrogen and oxygen atoms in total. The summed E-state index contributed by atoms with van der Waals surface area (Å²) >= 11 is 3.58. The van der Waals surface area contributed by atoms with Gasteiger partial charge in [0.15, 0.2) is 0 Å². The van der Waals surface area contributed by atoms with E-state index < -0.39 is 0 Å². The van der Waals surface area contributed by atoms with Crippen LogP contribution in [-0.2, 0) is 9.47 Å². The van der Waals surface area contributed by atoms with Crippen LogP contribution in [0.2, 0.25) is 0 Å². The molecule has 3 heteroatoms. The van der Waals surface area contributed by atoms with Crippen molar-refractivity contribution >= 4 is 15.9 Å². The number of hydrogen-bond donors (Lipinski definition) is 0. The Morgan fingerprint density at radius 1 is 1.27 bits per heavy atom. The number of alkyl halides is 1. The maximum absolute atomic E-state index is 6.02. The quantitative estimate of drug-likeness (QED) is 0.719. The first kappa shape index (κ1) is 11.9. The molecule has 0 aliphatic heterocycles. The minimum atomic E-state index is 0.433. The summed E-state index contributed by atoms with van der Waals surface area (Å²) in [5.41, 5.74) is 0.486. The van der Waals surface area contributed by atoms with Crippen LogP contribution in [0.3, 0.4) is 0 Å². The van der Waals surface area contributed by atoms with Gasteiger partial charge in [0.1, 0.15) is 0 Å². The number of rotatable bonds is 5. The van der Waals surface area contributed by atoms with Crippen molar-refractivity contribution in [3.8, 4) is 0 Å². The molecule has 2 aliphatic rings. The minimum absolute atomic E-state index is 0.433. The molecule has 0 amide bonds. The van der Waals surface area contributed by atoms with Gasteiger partial charge in [0.05, 0.1) is 18.8 Å². The van der Waals surface area contributed by atoms with Crippen LogP contribution in [0, 0.1) is 5.41 Å². The summed E-state index contributed by atoms with van der Waals surface area (Å²) < 4.78 is 11.4. The van der Waals surface area contributed by atoms with Crippen molar-refractivity contribution in [2.75, 3.05) is 19.0 Å². The van der Waals surface area contributed by atoms with Gasteiger partial charge >= 0.3 is 0 Å². The molecule has 0 N–H and O–H groups in total. The highest BCUT2D eigenvalue weighted by atomic mass is 79.9. The lowest BCUT2D eigenvalue weighted by atomic mass is 9.95. The standard InChI is InChI=1S/C12H21BrO2/c1-14-10-3-2-4-11(7-10)15-9-12(8-13)5-6-12/h10-11H,2-9H2,1H3. The molecule has 15 heavy (non-hydrogen) atoms. The van der Waals surface area contributed by atoms with Crippen LogP contribution < -0.4 is 0 Å². The summed E-state index contributed by atoms with van der Waals surface area (Å²) in [6, 6.07) is 0. The van der Waals surface area contributed by atoms with Crippen LogP contribution in [0.25, 0.3) is 0 Å². The second-order valence-electron chi connectivity index (χ2n) is 5.09. The third-order valence-corrected chi connectivity index (χ3v) is 4.97. The third kappa shape index (κ3) is 3.18. The minimum Gasteiger partial charge on any atom is -0.381 e. The Hall–Kier alpha value is 0.400. The van der Waals surface area contributed by atoms with Gasteiger partial charge in [-0.25, -0.2) is 0 Å². The molecule has 0 aromatic rings. The van der Waals surface area contributed by atoms with E-state index in [1.807, 2.05) is 7.11 Å². The third-order valence-electron chi connectivity index (χ3n) is 3.78. The average Bonchev–Trinajstić information content (AvgIpc) is 3.07. The predicted octanol–water partition coefficient (Wildman–Crippen LogP) is 3.14. The van der Waals surface area contributed by atoms with Crippen molar-refractivity contribution < 1.29 is 9.47 Å². The molecule has 2 rings (SSSR count). The smallest absolute Gasteiger partial charge is 0.0600 e. The van der Waals surface area contributed by atoms with Crippen LogP contribution in [0.5, 0.6) is 0 Å². The lowest BCUT2D eigenvalue weighted by Crippen LogP contribution is -2.29. The fraction of sp³-hybridized carbons (Fsp3) is 1.00. The number of halogens is 1. The van der Waals surface area contributed by atoms with Gasteiger partial charge in [-0.1, -0.05) is 15.9 Å². The van der Waals surface area contributed by atoms with Crippen LogP contribution in [0.15, 0.2) is 0 Å². The van der Waals surface area contributed by atoms with Gasteiger partial charge in [-0.05, 0) is 38.5 Å². The lowest BCUT2D eigenvalue weighted by molar-refractivity contribution is -0.0408. The highest BCUT2D eigenvalue weighted by Gasteiger charge is 2.42. The zero-order chi connectivity index (χ0) is 10.7. The fourth-order valence-corrected chi connectivity index (χ4v) is 2.98. The molecule has 0 radical (unpaired) electrons. The molecule has 0 saturated heterocycles. The van der Waals surface area contributed by atoms with E-state index in [0.717, 1.165) is 18.4 Å². The van der Waals surface area contributed by atoms with Gasteiger partial charge in [-0.2, -0.15) is 0 Å². The van der Waals surface area contributed by atoms with E-state index in [4.69, 9.17) is 9.47 Å². The van der Waals surface area contributed by atoms with Gasteiger partial charge in [0.2, 0.25) is 0 Å². The Morgan fingerprint density at radius 3 is 2.60 bits per heavy atom. The van der Waals surface area contributed by atoms with Crippen LogP contribution in [-0.4, -0.2) is 31.3 Å². The summed E-state index contributed by atoms with van der Waals surface area (Å²) in [5.74, 6) is 0. The normalized spacial score (nSPS) is 34.0. The topological polar surface area (TPSA) is 18.5 Å². The van der Waals surface area contributed by atoms with E-state index in [1.54, 1.807) is 0 Å². The van der Waals surface area contributed by atoms with Gasteiger partial charge in [0.25, 0.3) is 0 Å². The molecular formula is C12H21BrO2. The summed E-state index contributed by atoms with van der Waals surface area (Å²) in [5, 5.41) is 1.10. The van der Waals surface area contributed by atoms with Crippen molar-refractivity contribution in [2.24, 2.45) is 5.41 Å². The summed E-state index contributed by atoms with van der Waals surface area (Å²) in [6.07, 6.45) is 8.32. The molecule has 2 aliphatic carbocycles. The molecule has 2 fully saturated rings. The number of hydrogen-bond acceptors (Lipinski definition) is 2. The highest BCUT2D eigenvalue weighted by Crippen LogP contribution is 2.47. The molecule has 88 valence electrons. The van der Waals surface area contributed by atoms with E-state index in [-0.39, 0.29) is 0 Å². The summed E-state index contributed by atoms with van der Waals surface area (Å²) in [6.45, 7) is 0.944. The van der Waals surface area contributed by atoms with E-state index in [0.29, 0.717) is 17.6 Å². The Morgan fingerprint density at radius 2 is 2.00 bits per heavy atom. The van der Waals surface area contributed by atoms with Crippen molar-refractivity contribution in [2.45, 2.75) is 50.7 Å². The molecule has 0 bridgehead atoms. The van der Waals surface area contributed by atoms with Gasteiger partial charge in [-0.15, -0.1) is 0 Å². The first-order valence-corrected chi connectivity index (χ1v) is 7.10. The highest BCUT2D eigenvalue weighted by molar-refractivity contribution is 9.09. The van der Waals surface area contributed by atoms with Crippen molar-refractivity contribution in [3.63, 3.8) is 0 Å². The first-order chi connectivity index (χ1) is 7.28. The molecule has 2 saturated carbocycles. The first-order valence-electron chi connectivity index (χ1n) is 5.98. The maximum atomic E-state index is 6.02. The van der Waals surface area contributed by atoms with Gasteiger partial charge in [-0.3, -0.25) is 0 Å². The average molecular weight is 277 g/mol. The Labute approximate surface area is 101 Å². The molecule has 2 unspecified atom stereocenters. The monoisotopic (exact) mass is 276 g/mol. The van der Waals surface area contributed by atoms with Gasteiger partial charge in [0, 0.05) is 17.9 Å². The van der Waals surface area contributed by atoms with Crippen molar-refractivity contribution in [1.82, 2.24) is 0 Å². The van der Waals surface area contributed by atoms with E-state index >= 15 is 0 Å². The van der Waals surface area contributed by atoms with E-state index in [9.17, 15) is 0 Å². The Balaban J connectivity index is 1.70. The Bertz CT molecular complexity index is 204. The maximum Gasteiger partial charge on any atom is 0.0600 e. The summed E-state index contributed by atoms with van der Waals surface area (Å²) in [7, 11) is 1.81. The lowest BCUT2D eigenvalue weighted by Gasteiger charge is -2.29. The van der Waals surface area contributed by atoms with Crippen LogP contribution in [0.4, 0.5) is 0 Å². The van der Waals surface area contributed by atoms with E-state index in [1.165, 1.54) is 32.1 Å². The zero-order valence-electron chi connectivity index (χ0n) is 9.51. The predicted molar refractivity (Wildman–Crippen MR) is 64.5 cm³/mol. The summed E-state index contributed by atoms with van der Waals surface area (Å²) in [4.78, 5) is 0. The van der Waals surface area contributed by atoms with Crippen molar-refractivity contribution in [1.29, 1.82) is 0 Å². The second kappa shape index (κ2) is 5.15. The number of methoxy groups -OCH3 is 1. The molecule has 0 aromatic heterocycles. The molecular weight excluding hydrogens is 256 g/mol. The molecule has 2 atom stereocenters. The largest absolute Gasteiger partial charge is 0.381 e. The van der Waals surface area contributed by atoms with Crippen LogP contribution in [0.1, 0.15) is 38.5 Å². The van der Waals surface area contributed by atoms with Crippen LogP contribution >= 0.6 is 15.9 Å². The number of ether oxygens (including phenoxy) is 2. The molecule has 0 heterocycles.